The molecule has 0 unspecified atom stereocenters. The average Bonchev–Trinajstić information content (AvgIpc) is 2.62. The van der Waals surface area contributed by atoms with Crippen LogP contribution in [0.15, 0.2) is 60.8 Å². The third kappa shape index (κ3) is 20.1. The molecule has 0 radical (unpaired) electrons. The van der Waals surface area contributed by atoms with Gasteiger partial charge in [0.25, 0.3) is 0 Å². The average molecular weight is 345 g/mol. The molecule has 140 valence electrons. The van der Waals surface area contributed by atoms with Crippen LogP contribution in [0.3, 0.4) is 0 Å². The molecule has 0 aliphatic heterocycles. The number of allylic oxidation sites excluding steroid dienone is 10. The zero-order chi connectivity index (χ0) is 18.4. The normalized spacial score (nSPS) is 12.6. The topological polar surface area (TPSA) is 55.1 Å². The van der Waals surface area contributed by atoms with E-state index in [2.05, 4.69) is 73.0 Å². The summed E-state index contributed by atoms with van der Waals surface area (Å²) in [5.41, 5.74) is 5.33. The van der Waals surface area contributed by atoms with Gasteiger partial charge in [-0.2, -0.15) is 0 Å². The molecule has 0 saturated heterocycles. The number of carbonyl (C=O) groups is 1. The van der Waals surface area contributed by atoms with Gasteiger partial charge in [-0.3, -0.25) is 4.79 Å². The van der Waals surface area contributed by atoms with Crippen molar-refractivity contribution in [3.05, 3.63) is 60.8 Å². The smallest absolute Gasteiger partial charge is 0.220 e. The van der Waals surface area contributed by atoms with Gasteiger partial charge in [0.2, 0.25) is 5.91 Å². The lowest BCUT2D eigenvalue weighted by atomic mass is 10.2. The number of carbonyl (C=O) groups excluding carboxylic acids is 1. The summed E-state index contributed by atoms with van der Waals surface area (Å²) in [7, 11) is 0. The van der Waals surface area contributed by atoms with Crippen LogP contribution < -0.4 is 11.1 Å². The second-order valence-electron chi connectivity index (χ2n) is 5.74. The predicted octanol–water partition coefficient (Wildman–Crippen LogP) is 4.98. The minimum absolute atomic E-state index is 0.0952. The van der Waals surface area contributed by atoms with Gasteiger partial charge in [-0.1, -0.05) is 67.7 Å². The van der Waals surface area contributed by atoms with Crippen molar-refractivity contribution in [3.8, 4) is 0 Å². The summed E-state index contributed by atoms with van der Waals surface area (Å²) in [6.45, 7) is 3.22. The van der Waals surface area contributed by atoms with Gasteiger partial charge in [0.05, 0.1) is 0 Å². The van der Waals surface area contributed by atoms with Crippen LogP contribution in [0.5, 0.6) is 0 Å². The lowest BCUT2D eigenvalue weighted by Crippen LogP contribution is -2.28. The quantitative estimate of drug-likeness (QED) is 0.325. The van der Waals surface area contributed by atoms with Crippen molar-refractivity contribution in [1.29, 1.82) is 0 Å². The fourth-order valence-electron chi connectivity index (χ4n) is 2.05. The maximum absolute atomic E-state index is 11.3. The number of rotatable bonds is 15. The first-order chi connectivity index (χ1) is 12.3. The minimum atomic E-state index is 0.0952. The number of amides is 1. The molecular weight excluding hydrogens is 308 g/mol. The Bertz CT molecular complexity index is 445. The molecule has 0 atom stereocenters. The molecule has 3 nitrogen and oxygen atoms in total. The lowest BCUT2D eigenvalue weighted by Gasteiger charge is -2.01. The van der Waals surface area contributed by atoms with Crippen molar-refractivity contribution in [2.75, 3.05) is 13.1 Å². The second-order valence-corrected chi connectivity index (χ2v) is 5.74. The van der Waals surface area contributed by atoms with E-state index in [-0.39, 0.29) is 5.91 Å². The van der Waals surface area contributed by atoms with Gasteiger partial charge >= 0.3 is 0 Å². The molecule has 0 fully saturated rings. The molecule has 25 heavy (non-hydrogen) atoms. The first kappa shape index (κ1) is 23.1. The van der Waals surface area contributed by atoms with Crippen molar-refractivity contribution < 1.29 is 4.79 Å². The highest BCUT2D eigenvalue weighted by atomic mass is 16.1. The number of hydrogen-bond donors (Lipinski definition) is 2. The maximum Gasteiger partial charge on any atom is 0.220 e. The fourth-order valence-corrected chi connectivity index (χ4v) is 2.05. The zero-order valence-corrected chi connectivity index (χ0v) is 15.8. The molecule has 0 aromatic rings. The number of nitrogens with one attached hydrogen (secondary N) is 1. The van der Waals surface area contributed by atoms with Crippen LogP contribution in [0.25, 0.3) is 0 Å². The van der Waals surface area contributed by atoms with Gasteiger partial charge < -0.3 is 11.1 Å². The molecule has 0 aliphatic rings. The van der Waals surface area contributed by atoms with E-state index in [9.17, 15) is 4.79 Å². The molecule has 0 aliphatic carbocycles. The van der Waals surface area contributed by atoms with Crippen LogP contribution in [0.1, 0.15) is 58.3 Å². The van der Waals surface area contributed by atoms with E-state index in [1.165, 1.54) is 0 Å². The third-order valence-corrected chi connectivity index (χ3v) is 3.40. The molecule has 3 heteroatoms. The highest BCUT2D eigenvalue weighted by Crippen LogP contribution is 1.99. The van der Waals surface area contributed by atoms with Gasteiger partial charge in [0.15, 0.2) is 0 Å². The summed E-state index contributed by atoms with van der Waals surface area (Å²) < 4.78 is 0. The third-order valence-electron chi connectivity index (χ3n) is 3.40. The summed E-state index contributed by atoms with van der Waals surface area (Å²) in [5.74, 6) is 0.0952. The first-order valence-corrected chi connectivity index (χ1v) is 9.53. The number of unbranched alkanes of at least 4 members (excludes halogenated alkanes) is 1. The van der Waals surface area contributed by atoms with E-state index >= 15 is 0 Å². The highest BCUT2D eigenvalue weighted by Gasteiger charge is 1.97. The summed E-state index contributed by atoms with van der Waals surface area (Å²) in [6, 6.07) is 0. The minimum Gasteiger partial charge on any atom is -0.355 e. The Labute approximate surface area is 154 Å². The Hall–Kier alpha value is -1.87. The SMILES string of the molecule is CC/C=C\C/C=C\C/C=C\C/C=C\C/C=C\CCCC(=O)NCCN. The van der Waals surface area contributed by atoms with Crippen LogP contribution in [-0.4, -0.2) is 19.0 Å². The molecule has 0 spiro atoms. The van der Waals surface area contributed by atoms with Crippen LogP contribution in [0.2, 0.25) is 0 Å². The molecule has 0 aromatic heterocycles. The molecule has 0 bridgehead atoms. The Morgan fingerprint density at radius 1 is 0.800 bits per heavy atom. The lowest BCUT2D eigenvalue weighted by molar-refractivity contribution is -0.121. The summed E-state index contributed by atoms with van der Waals surface area (Å²) >= 11 is 0. The summed E-state index contributed by atoms with van der Waals surface area (Å²) in [6.07, 6.45) is 29.4. The monoisotopic (exact) mass is 344 g/mol. The van der Waals surface area contributed by atoms with Crippen molar-refractivity contribution in [2.24, 2.45) is 5.73 Å². The first-order valence-electron chi connectivity index (χ1n) is 9.53. The Morgan fingerprint density at radius 2 is 1.28 bits per heavy atom. The van der Waals surface area contributed by atoms with Crippen LogP contribution in [0.4, 0.5) is 0 Å². The molecule has 0 rings (SSSR count). The van der Waals surface area contributed by atoms with Crippen LogP contribution in [0, 0.1) is 0 Å². The van der Waals surface area contributed by atoms with E-state index < -0.39 is 0 Å². The molecular formula is C22H36N2O. The molecule has 0 aromatic carbocycles. The second kappa shape index (κ2) is 20.2. The molecule has 0 saturated carbocycles. The summed E-state index contributed by atoms with van der Waals surface area (Å²) in [4.78, 5) is 11.3. The van der Waals surface area contributed by atoms with Crippen LogP contribution in [-0.2, 0) is 4.79 Å². The maximum atomic E-state index is 11.3. The number of hydrogen-bond acceptors (Lipinski definition) is 2. The van der Waals surface area contributed by atoms with Crippen LogP contribution >= 0.6 is 0 Å². The van der Waals surface area contributed by atoms with Crippen molar-refractivity contribution in [3.63, 3.8) is 0 Å². The van der Waals surface area contributed by atoms with E-state index in [1.54, 1.807) is 0 Å². The predicted molar refractivity (Wildman–Crippen MR) is 110 cm³/mol. The number of nitrogens with two attached hydrogens (primary N) is 1. The molecule has 1 amide bonds. The molecule has 0 heterocycles. The van der Waals surface area contributed by atoms with Crippen molar-refractivity contribution in [1.82, 2.24) is 5.32 Å². The fraction of sp³-hybridized carbons (Fsp3) is 0.500. The zero-order valence-electron chi connectivity index (χ0n) is 15.8. The standard InChI is InChI=1S/C22H36N2O/c1-2-3-4-5-6-7-8-9-10-11-12-13-14-15-16-17-18-19-22(25)24-21-20-23/h3-4,6-7,9-10,12-13,15-16H,2,5,8,11,14,17-21,23H2,1H3,(H,24,25)/b4-3-,7-6-,10-9-,13-12-,16-15-. The van der Waals surface area contributed by atoms with Gasteiger partial charge in [-0.25, -0.2) is 0 Å². The van der Waals surface area contributed by atoms with Crippen molar-refractivity contribution in [2.45, 2.75) is 58.3 Å². The largest absolute Gasteiger partial charge is 0.355 e. The van der Waals surface area contributed by atoms with Gasteiger partial charge in [-0.15, -0.1) is 0 Å². The van der Waals surface area contributed by atoms with E-state index in [0.29, 0.717) is 19.5 Å². The van der Waals surface area contributed by atoms with E-state index in [1.807, 2.05) is 0 Å². The Morgan fingerprint density at radius 3 is 1.76 bits per heavy atom. The highest BCUT2D eigenvalue weighted by molar-refractivity contribution is 5.75. The van der Waals surface area contributed by atoms with Gasteiger partial charge in [-0.05, 0) is 44.9 Å². The van der Waals surface area contributed by atoms with Gasteiger partial charge in [0, 0.05) is 19.5 Å². The van der Waals surface area contributed by atoms with Gasteiger partial charge in [0.1, 0.15) is 0 Å². The molecule has 3 N–H and O–H groups in total. The van der Waals surface area contributed by atoms with Crippen molar-refractivity contribution >= 4 is 5.91 Å². The Kier molecular flexibility index (Phi) is 18.7. The van der Waals surface area contributed by atoms with E-state index in [0.717, 1.165) is 44.9 Å². The van der Waals surface area contributed by atoms with E-state index in [4.69, 9.17) is 5.73 Å². The summed E-state index contributed by atoms with van der Waals surface area (Å²) in [5, 5.41) is 2.77. The Balaban J connectivity index is 3.49.